The molecule has 0 aromatic carbocycles. The Morgan fingerprint density at radius 2 is 1.95 bits per heavy atom. The molecule has 1 heterocycles. The first-order chi connectivity index (χ1) is 9.81. The van der Waals surface area contributed by atoms with Crippen molar-refractivity contribution < 1.29 is 14.3 Å². The predicted molar refractivity (Wildman–Crippen MR) is 81.4 cm³/mol. The van der Waals surface area contributed by atoms with E-state index in [1.807, 2.05) is 25.7 Å². The highest BCUT2D eigenvalue weighted by Crippen LogP contribution is 2.30. The summed E-state index contributed by atoms with van der Waals surface area (Å²) in [4.78, 5) is 27.8. The van der Waals surface area contributed by atoms with Gasteiger partial charge in [0.15, 0.2) is 0 Å². The Kier molecular flexibility index (Phi) is 5.02. The molecule has 0 aromatic heterocycles. The van der Waals surface area contributed by atoms with E-state index in [-0.39, 0.29) is 23.9 Å². The van der Waals surface area contributed by atoms with Crippen LogP contribution in [0.1, 0.15) is 46.5 Å². The van der Waals surface area contributed by atoms with Gasteiger partial charge in [-0.25, -0.2) is 4.79 Å². The molecule has 0 bridgehead atoms. The van der Waals surface area contributed by atoms with Crippen molar-refractivity contribution in [2.24, 2.45) is 0 Å². The molecular weight excluding hydrogens is 292 g/mol. The fraction of sp³-hybridized carbons (Fsp3) is 0.867. The van der Waals surface area contributed by atoms with Crippen LogP contribution in [0.25, 0.3) is 0 Å². The molecule has 0 spiro atoms. The van der Waals surface area contributed by atoms with Crippen molar-refractivity contribution in [1.82, 2.24) is 9.80 Å². The summed E-state index contributed by atoms with van der Waals surface area (Å²) in [7, 11) is 0. The Hall–Kier alpha value is -0.970. The highest BCUT2D eigenvalue weighted by molar-refractivity contribution is 6.27. The Morgan fingerprint density at radius 3 is 2.48 bits per heavy atom. The predicted octanol–water partition coefficient (Wildman–Crippen LogP) is 2.62. The van der Waals surface area contributed by atoms with Gasteiger partial charge < -0.3 is 14.5 Å². The van der Waals surface area contributed by atoms with Gasteiger partial charge >= 0.3 is 6.09 Å². The summed E-state index contributed by atoms with van der Waals surface area (Å²) >= 11 is 5.69. The normalized spacial score (nSPS) is 22.3. The topological polar surface area (TPSA) is 49.9 Å². The van der Waals surface area contributed by atoms with Gasteiger partial charge in [-0.05, 0) is 46.5 Å². The molecule has 0 radical (unpaired) electrons. The minimum atomic E-state index is -0.494. The summed E-state index contributed by atoms with van der Waals surface area (Å²) in [6.07, 6.45) is 3.68. The fourth-order valence-electron chi connectivity index (χ4n) is 2.73. The second-order valence-corrected chi connectivity index (χ2v) is 7.15. The van der Waals surface area contributed by atoms with Gasteiger partial charge in [-0.3, -0.25) is 4.79 Å². The van der Waals surface area contributed by atoms with Crippen LogP contribution in [0.3, 0.4) is 0 Å². The van der Waals surface area contributed by atoms with Crippen LogP contribution >= 0.6 is 11.6 Å². The molecule has 0 aromatic rings. The van der Waals surface area contributed by atoms with Crippen molar-refractivity contribution in [3.05, 3.63) is 0 Å². The Balaban J connectivity index is 1.97. The van der Waals surface area contributed by atoms with Crippen molar-refractivity contribution in [3.63, 3.8) is 0 Å². The molecule has 5 nitrogen and oxygen atoms in total. The average Bonchev–Trinajstić information content (AvgIpc) is 3.11. The summed E-state index contributed by atoms with van der Waals surface area (Å²) in [6.45, 7) is 6.87. The lowest BCUT2D eigenvalue weighted by molar-refractivity contribution is -0.129. The number of carbonyl (C=O) groups excluding carboxylic acids is 2. The third kappa shape index (κ3) is 4.50. The van der Waals surface area contributed by atoms with Gasteiger partial charge in [0.1, 0.15) is 11.5 Å². The number of rotatable bonds is 4. The van der Waals surface area contributed by atoms with E-state index in [0.717, 1.165) is 25.7 Å². The van der Waals surface area contributed by atoms with Crippen LogP contribution in [0.4, 0.5) is 4.79 Å². The number of amides is 2. The molecule has 0 N–H and O–H groups in total. The Labute approximate surface area is 131 Å². The number of carbonyl (C=O) groups is 2. The van der Waals surface area contributed by atoms with Crippen LogP contribution in [-0.4, -0.2) is 58.5 Å². The second-order valence-electron chi connectivity index (χ2n) is 6.88. The molecule has 2 rings (SSSR count). The van der Waals surface area contributed by atoms with Gasteiger partial charge in [0.2, 0.25) is 5.91 Å². The largest absolute Gasteiger partial charge is 0.444 e. The number of nitrogens with zero attached hydrogens (tertiary/aromatic N) is 2. The molecule has 1 aliphatic heterocycles. The molecule has 120 valence electrons. The average molecular weight is 317 g/mol. The molecular formula is C15H25ClN2O3. The van der Waals surface area contributed by atoms with Gasteiger partial charge in [-0.1, -0.05) is 0 Å². The SMILES string of the molecule is CC(C)(C)OC(=O)N1CCC[C@H]1CN(C(=O)CCl)C1CC1. The van der Waals surface area contributed by atoms with E-state index >= 15 is 0 Å². The van der Waals surface area contributed by atoms with Crippen LogP contribution in [0.5, 0.6) is 0 Å². The Bertz CT molecular complexity index is 404. The molecule has 2 aliphatic rings. The molecule has 2 amide bonds. The van der Waals surface area contributed by atoms with E-state index in [1.54, 1.807) is 4.90 Å². The van der Waals surface area contributed by atoms with E-state index < -0.39 is 5.60 Å². The lowest BCUT2D eigenvalue weighted by Gasteiger charge is -2.32. The molecule has 1 atom stereocenters. The molecule has 6 heteroatoms. The second kappa shape index (κ2) is 6.42. The smallest absolute Gasteiger partial charge is 0.410 e. The van der Waals surface area contributed by atoms with Crippen LogP contribution in [-0.2, 0) is 9.53 Å². The van der Waals surface area contributed by atoms with E-state index in [2.05, 4.69) is 0 Å². The highest BCUT2D eigenvalue weighted by atomic mass is 35.5. The maximum absolute atomic E-state index is 12.3. The van der Waals surface area contributed by atoms with Gasteiger partial charge in [0.25, 0.3) is 0 Å². The van der Waals surface area contributed by atoms with E-state index in [9.17, 15) is 9.59 Å². The monoisotopic (exact) mass is 316 g/mol. The zero-order valence-corrected chi connectivity index (χ0v) is 13.9. The van der Waals surface area contributed by atoms with Crippen molar-refractivity contribution in [3.8, 4) is 0 Å². The molecule has 21 heavy (non-hydrogen) atoms. The molecule has 0 unspecified atom stereocenters. The van der Waals surface area contributed by atoms with Crippen LogP contribution < -0.4 is 0 Å². The first-order valence-corrected chi connectivity index (χ1v) is 8.20. The van der Waals surface area contributed by atoms with E-state index in [0.29, 0.717) is 19.1 Å². The van der Waals surface area contributed by atoms with Gasteiger partial charge in [-0.15, -0.1) is 11.6 Å². The van der Waals surface area contributed by atoms with Gasteiger partial charge in [0.05, 0.1) is 6.04 Å². The third-order valence-electron chi connectivity index (χ3n) is 3.83. The minimum Gasteiger partial charge on any atom is -0.444 e. The standard InChI is InChI=1S/C15H25ClN2O3/c1-15(2,3)21-14(20)17-8-4-5-12(17)10-18(11-6-7-11)13(19)9-16/h11-12H,4-10H2,1-3H3/t12-/m0/s1. The quantitative estimate of drug-likeness (QED) is 0.749. The van der Waals surface area contributed by atoms with E-state index in [4.69, 9.17) is 16.3 Å². The summed E-state index contributed by atoms with van der Waals surface area (Å²) in [6, 6.07) is 0.366. The minimum absolute atomic E-state index is 0.00958. The number of halogens is 1. The van der Waals surface area contributed by atoms with Crippen LogP contribution in [0.15, 0.2) is 0 Å². The number of hydrogen-bond donors (Lipinski definition) is 0. The van der Waals surface area contributed by atoms with E-state index in [1.165, 1.54) is 0 Å². The summed E-state index contributed by atoms with van der Waals surface area (Å²) in [5.74, 6) is -0.0226. The lowest BCUT2D eigenvalue weighted by Crippen LogP contribution is -2.47. The first-order valence-electron chi connectivity index (χ1n) is 7.67. The zero-order chi connectivity index (χ0) is 15.6. The van der Waals surface area contributed by atoms with Gasteiger partial charge in [0, 0.05) is 19.1 Å². The fourth-order valence-corrected chi connectivity index (χ4v) is 2.88. The maximum atomic E-state index is 12.3. The lowest BCUT2D eigenvalue weighted by atomic mass is 10.2. The van der Waals surface area contributed by atoms with Crippen molar-refractivity contribution in [2.45, 2.75) is 64.1 Å². The molecule has 1 saturated carbocycles. The Morgan fingerprint density at radius 1 is 1.29 bits per heavy atom. The van der Waals surface area contributed by atoms with Crippen molar-refractivity contribution in [2.75, 3.05) is 19.0 Å². The third-order valence-corrected chi connectivity index (χ3v) is 4.06. The zero-order valence-electron chi connectivity index (χ0n) is 13.1. The van der Waals surface area contributed by atoms with Crippen LogP contribution in [0.2, 0.25) is 0 Å². The number of hydrogen-bond acceptors (Lipinski definition) is 3. The summed E-state index contributed by atoms with van der Waals surface area (Å²) in [5.41, 5.74) is -0.494. The molecule has 1 saturated heterocycles. The maximum Gasteiger partial charge on any atom is 0.410 e. The van der Waals surface area contributed by atoms with Gasteiger partial charge in [-0.2, -0.15) is 0 Å². The summed E-state index contributed by atoms with van der Waals surface area (Å²) in [5, 5.41) is 0. The summed E-state index contributed by atoms with van der Waals surface area (Å²) < 4.78 is 5.45. The number of alkyl halides is 1. The first kappa shape index (κ1) is 16.4. The number of ether oxygens (including phenoxy) is 1. The highest BCUT2D eigenvalue weighted by Gasteiger charge is 2.38. The van der Waals surface area contributed by atoms with Crippen molar-refractivity contribution >= 4 is 23.6 Å². The molecule has 1 aliphatic carbocycles. The van der Waals surface area contributed by atoms with Crippen molar-refractivity contribution in [1.29, 1.82) is 0 Å². The van der Waals surface area contributed by atoms with Crippen LogP contribution in [0, 0.1) is 0 Å². The molecule has 2 fully saturated rings. The number of likely N-dealkylation sites (tertiary alicyclic amines) is 1.